The van der Waals surface area contributed by atoms with E-state index in [1.165, 1.54) is 6.92 Å². The average Bonchev–Trinajstić information content (AvgIpc) is 2.77. The fraction of sp³-hybridized carbons (Fsp3) is 0.818. The maximum atomic E-state index is 13.8. The van der Waals surface area contributed by atoms with E-state index in [1.54, 1.807) is 0 Å². The fourth-order valence-corrected chi connectivity index (χ4v) is 1.88. The molecular formula is C11H17F2NO3. The van der Waals surface area contributed by atoms with Gasteiger partial charge in [-0.1, -0.05) is 6.92 Å². The number of alkyl halides is 2. The topological polar surface area (TPSA) is 46.6 Å². The van der Waals surface area contributed by atoms with Crippen LogP contribution in [0.5, 0.6) is 0 Å². The van der Waals surface area contributed by atoms with Crippen molar-refractivity contribution >= 4 is 11.9 Å². The Morgan fingerprint density at radius 3 is 2.29 bits per heavy atom. The largest absolute Gasteiger partial charge is 0.456 e. The van der Waals surface area contributed by atoms with Gasteiger partial charge in [0.15, 0.2) is 6.10 Å². The average molecular weight is 249 g/mol. The second-order valence-corrected chi connectivity index (χ2v) is 4.13. The molecule has 0 aromatic rings. The van der Waals surface area contributed by atoms with E-state index in [1.807, 2.05) is 0 Å². The Morgan fingerprint density at radius 2 is 1.88 bits per heavy atom. The lowest BCUT2D eigenvalue weighted by molar-refractivity contribution is -0.186. The number of rotatable bonds is 4. The SMILES string of the molecule is CCC(OC(C)=O)C(F)(F)C(=O)N1CCCC1. The van der Waals surface area contributed by atoms with E-state index >= 15 is 0 Å². The smallest absolute Gasteiger partial charge is 0.360 e. The molecule has 0 aromatic heterocycles. The molecule has 98 valence electrons. The van der Waals surface area contributed by atoms with E-state index in [0.717, 1.165) is 24.7 Å². The number of likely N-dealkylation sites (tertiary alicyclic amines) is 1. The third kappa shape index (κ3) is 3.14. The molecule has 4 nitrogen and oxygen atoms in total. The third-order valence-electron chi connectivity index (χ3n) is 2.76. The van der Waals surface area contributed by atoms with Crippen molar-refractivity contribution in [3.8, 4) is 0 Å². The number of ether oxygens (including phenoxy) is 1. The molecule has 1 atom stereocenters. The lowest BCUT2D eigenvalue weighted by Gasteiger charge is -2.28. The van der Waals surface area contributed by atoms with Gasteiger partial charge < -0.3 is 9.64 Å². The van der Waals surface area contributed by atoms with Crippen molar-refractivity contribution in [3.05, 3.63) is 0 Å². The van der Waals surface area contributed by atoms with Gasteiger partial charge in [-0.3, -0.25) is 9.59 Å². The molecule has 1 saturated heterocycles. The van der Waals surface area contributed by atoms with Gasteiger partial charge in [0.05, 0.1) is 0 Å². The first-order valence-corrected chi connectivity index (χ1v) is 5.74. The van der Waals surface area contributed by atoms with Crippen LogP contribution in [0.1, 0.15) is 33.1 Å². The molecule has 1 rings (SSSR count). The maximum Gasteiger partial charge on any atom is 0.360 e. The predicted octanol–water partition coefficient (Wildman–Crippen LogP) is 1.59. The van der Waals surface area contributed by atoms with Crippen LogP contribution in [0.3, 0.4) is 0 Å². The molecule has 0 aliphatic carbocycles. The van der Waals surface area contributed by atoms with Gasteiger partial charge in [0.1, 0.15) is 0 Å². The molecule has 1 aliphatic rings. The molecule has 6 heteroatoms. The van der Waals surface area contributed by atoms with Crippen molar-refractivity contribution in [1.82, 2.24) is 4.90 Å². The highest BCUT2D eigenvalue weighted by molar-refractivity contribution is 5.84. The highest BCUT2D eigenvalue weighted by Gasteiger charge is 2.51. The molecule has 0 bridgehead atoms. The van der Waals surface area contributed by atoms with Crippen molar-refractivity contribution in [1.29, 1.82) is 0 Å². The van der Waals surface area contributed by atoms with Crippen LogP contribution in [-0.4, -0.2) is 41.9 Å². The van der Waals surface area contributed by atoms with Crippen LogP contribution in [0.25, 0.3) is 0 Å². The zero-order valence-corrected chi connectivity index (χ0v) is 10.0. The lowest BCUT2D eigenvalue weighted by atomic mass is 10.1. The molecule has 1 fully saturated rings. The summed E-state index contributed by atoms with van der Waals surface area (Å²) < 4.78 is 32.2. The number of hydrogen-bond donors (Lipinski definition) is 0. The Morgan fingerprint density at radius 1 is 1.35 bits per heavy atom. The van der Waals surface area contributed by atoms with Gasteiger partial charge in [0, 0.05) is 20.0 Å². The summed E-state index contributed by atoms with van der Waals surface area (Å²) in [6.07, 6.45) is -0.280. The van der Waals surface area contributed by atoms with Crippen LogP contribution < -0.4 is 0 Å². The summed E-state index contributed by atoms with van der Waals surface area (Å²) in [5.74, 6) is -5.67. The zero-order valence-electron chi connectivity index (χ0n) is 10.0. The Bertz CT molecular complexity index is 301. The van der Waals surface area contributed by atoms with Gasteiger partial charge >= 0.3 is 11.9 Å². The van der Waals surface area contributed by atoms with Crippen molar-refractivity contribution in [2.75, 3.05) is 13.1 Å². The van der Waals surface area contributed by atoms with E-state index < -0.39 is 23.9 Å². The summed E-state index contributed by atoms with van der Waals surface area (Å²) >= 11 is 0. The van der Waals surface area contributed by atoms with Crippen LogP contribution in [0.2, 0.25) is 0 Å². The monoisotopic (exact) mass is 249 g/mol. The first kappa shape index (κ1) is 13.9. The summed E-state index contributed by atoms with van der Waals surface area (Å²) in [5, 5.41) is 0. The summed E-state index contributed by atoms with van der Waals surface area (Å²) in [6, 6.07) is 0. The predicted molar refractivity (Wildman–Crippen MR) is 56.6 cm³/mol. The summed E-state index contributed by atoms with van der Waals surface area (Å²) in [4.78, 5) is 23.5. The van der Waals surface area contributed by atoms with Gasteiger partial charge in [-0.2, -0.15) is 8.78 Å². The molecular weight excluding hydrogens is 232 g/mol. The second-order valence-electron chi connectivity index (χ2n) is 4.13. The molecule has 1 amide bonds. The summed E-state index contributed by atoms with van der Waals surface area (Å²) in [5.41, 5.74) is 0. The first-order valence-electron chi connectivity index (χ1n) is 5.74. The highest BCUT2D eigenvalue weighted by Crippen LogP contribution is 2.28. The molecule has 0 aromatic carbocycles. The Hall–Kier alpha value is -1.20. The zero-order chi connectivity index (χ0) is 13.1. The normalized spacial score (nSPS) is 18.0. The van der Waals surface area contributed by atoms with E-state index in [2.05, 4.69) is 4.74 Å². The number of carbonyl (C=O) groups is 2. The highest BCUT2D eigenvalue weighted by atomic mass is 19.3. The molecule has 17 heavy (non-hydrogen) atoms. The Balaban J connectivity index is 2.75. The lowest BCUT2D eigenvalue weighted by Crippen LogP contribution is -2.50. The van der Waals surface area contributed by atoms with Crippen molar-refractivity contribution in [3.63, 3.8) is 0 Å². The molecule has 0 radical (unpaired) electrons. The van der Waals surface area contributed by atoms with Gasteiger partial charge in [0.2, 0.25) is 0 Å². The standard InChI is InChI=1S/C11H17F2NO3/c1-3-9(17-8(2)15)11(12,13)10(16)14-6-4-5-7-14/h9H,3-7H2,1-2H3. The van der Waals surface area contributed by atoms with Gasteiger partial charge in [0.25, 0.3) is 5.91 Å². The van der Waals surface area contributed by atoms with E-state index in [-0.39, 0.29) is 6.42 Å². The quantitative estimate of drug-likeness (QED) is 0.711. The maximum absolute atomic E-state index is 13.8. The fourth-order valence-electron chi connectivity index (χ4n) is 1.88. The molecule has 0 saturated carbocycles. The molecule has 0 N–H and O–H groups in total. The number of esters is 1. The minimum atomic E-state index is -3.63. The summed E-state index contributed by atoms with van der Waals surface area (Å²) in [6.45, 7) is 3.22. The number of hydrogen-bond acceptors (Lipinski definition) is 3. The van der Waals surface area contributed by atoms with Crippen molar-refractivity contribution in [2.45, 2.75) is 45.1 Å². The van der Waals surface area contributed by atoms with Crippen LogP contribution in [0, 0.1) is 0 Å². The minimum Gasteiger partial charge on any atom is -0.456 e. The number of halogens is 2. The number of amides is 1. The molecule has 1 heterocycles. The van der Waals surface area contributed by atoms with Gasteiger partial charge in [-0.15, -0.1) is 0 Å². The Labute approximate surface area is 98.9 Å². The third-order valence-corrected chi connectivity index (χ3v) is 2.76. The van der Waals surface area contributed by atoms with Crippen LogP contribution >= 0.6 is 0 Å². The van der Waals surface area contributed by atoms with Crippen LogP contribution in [0.15, 0.2) is 0 Å². The number of nitrogens with zero attached hydrogens (tertiary/aromatic N) is 1. The second kappa shape index (κ2) is 5.42. The van der Waals surface area contributed by atoms with Crippen molar-refractivity contribution in [2.24, 2.45) is 0 Å². The molecule has 0 spiro atoms. The molecule has 1 unspecified atom stereocenters. The van der Waals surface area contributed by atoms with Gasteiger partial charge in [-0.25, -0.2) is 0 Å². The van der Waals surface area contributed by atoms with E-state index in [4.69, 9.17) is 0 Å². The van der Waals surface area contributed by atoms with E-state index in [0.29, 0.717) is 13.1 Å². The van der Waals surface area contributed by atoms with Crippen molar-refractivity contribution < 1.29 is 23.1 Å². The minimum absolute atomic E-state index is 0.0911. The van der Waals surface area contributed by atoms with Crippen LogP contribution in [0.4, 0.5) is 8.78 Å². The Kier molecular flexibility index (Phi) is 4.42. The molecule has 1 aliphatic heterocycles. The number of carbonyl (C=O) groups excluding carboxylic acids is 2. The van der Waals surface area contributed by atoms with Crippen LogP contribution in [-0.2, 0) is 14.3 Å². The first-order chi connectivity index (χ1) is 7.89. The summed E-state index contributed by atoms with van der Waals surface area (Å²) in [7, 11) is 0. The van der Waals surface area contributed by atoms with E-state index in [9.17, 15) is 18.4 Å². The van der Waals surface area contributed by atoms with Gasteiger partial charge in [-0.05, 0) is 19.3 Å².